The molecule has 1 N–H and O–H groups in total. The van der Waals surface area contributed by atoms with Crippen LogP contribution in [0.1, 0.15) is 24.5 Å². The second-order valence-corrected chi connectivity index (χ2v) is 4.24. The van der Waals surface area contributed by atoms with Gasteiger partial charge in [0.25, 0.3) is 0 Å². The van der Waals surface area contributed by atoms with E-state index >= 15 is 0 Å². The van der Waals surface area contributed by atoms with Gasteiger partial charge in [-0.15, -0.1) is 0 Å². The lowest BCUT2D eigenvalue weighted by Gasteiger charge is -2.11. The first-order valence-corrected chi connectivity index (χ1v) is 6.31. The van der Waals surface area contributed by atoms with Gasteiger partial charge >= 0.3 is 5.97 Å². The van der Waals surface area contributed by atoms with E-state index in [0.717, 1.165) is 16.7 Å². The van der Waals surface area contributed by atoms with Crippen molar-refractivity contribution in [2.24, 2.45) is 0 Å². The SMILES string of the molecule is CCC(=C(C(=O)O)c1ccccc1)c1ccccc1. The Hall–Kier alpha value is -2.35. The van der Waals surface area contributed by atoms with Crippen molar-refractivity contribution in [1.29, 1.82) is 0 Å². The van der Waals surface area contributed by atoms with Crippen LogP contribution in [0.5, 0.6) is 0 Å². The van der Waals surface area contributed by atoms with E-state index < -0.39 is 5.97 Å². The maximum atomic E-state index is 11.6. The number of carbonyl (C=O) groups is 1. The zero-order valence-corrected chi connectivity index (χ0v) is 10.8. The maximum Gasteiger partial charge on any atom is 0.336 e. The van der Waals surface area contributed by atoms with Gasteiger partial charge in [-0.1, -0.05) is 67.6 Å². The van der Waals surface area contributed by atoms with Crippen molar-refractivity contribution in [3.63, 3.8) is 0 Å². The largest absolute Gasteiger partial charge is 0.478 e. The quantitative estimate of drug-likeness (QED) is 0.657. The third-order valence-corrected chi connectivity index (χ3v) is 3.05. The van der Waals surface area contributed by atoms with Crippen molar-refractivity contribution in [3.05, 3.63) is 71.8 Å². The van der Waals surface area contributed by atoms with E-state index in [1.807, 2.05) is 67.6 Å². The first-order chi connectivity index (χ1) is 9.24. The maximum absolute atomic E-state index is 11.6. The van der Waals surface area contributed by atoms with Gasteiger partial charge in [-0.2, -0.15) is 0 Å². The minimum Gasteiger partial charge on any atom is -0.478 e. The van der Waals surface area contributed by atoms with Crippen LogP contribution in [-0.2, 0) is 4.79 Å². The second kappa shape index (κ2) is 6.01. The van der Waals surface area contributed by atoms with E-state index in [-0.39, 0.29) is 0 Å². The Bertz CT molecular complexity index is 583. The third-order valence-electron chi connectivity index (χ3n) is 3.05. The minimum absolute atomic E-state index is 0.384. The molecule has 0 aliphatic heterocycles. The van der Waals surface area contributed by atoms with Crippen LogP contribution < -0.4 is 0 Å². The smallest absolute Gasteiger partial charge is 0.336 e. The average molecular weight is 252 g/mol. The number of carboxylic acids is 1. The molecule has 0 radical (unpaired) electrons. The Morgan fingerprint density at radius 2 is 1.37 bits per heavy atom. The van der Waals surface area contributed by atoms with Crippen molar-refractivity contribution >= 4 is 17.1 Å². The molecular formula is C17H16O2. The fourth-order valence-corrected chi connectivity index (χ4v) is 2.20. The summed E-state index contributed by atoms with van der Waals surface area (Å²) in [5.41, 5.74) is 2.95. The van der Waals surface area contributed by atoms with Crippen LogP contribution in [0, 0.1) is 0 Å². The highest BCUT2D eigenvalue weighted by atomic mass is 16.4. The predicted molar refractivity (Wildman–Crippen MR) is 77.6 cm³/mol. The van der Waals surface area contributed by atoms with Crippen LogP contribution >= 0.6 is 0 Å². The third kappa shape index (κ3) is 2.91. The standard InChI is InChI=1S/C17H16O2/c1-2-15(13-9-5-3-6-10-13)16(17(18)19)14-11-7-4-8-12-14/h3-12H,2H2,1H3,(H,18,19). The summed E-state index contributed by atoms with van der Waals surface area (Å²) < 4.78 is 0. The molecule has 0 atom stereocenters. The van der Waals surface area contributed by atoms with Crippen LogP contribution in [0.4, 0.5) is 0 Å². The lowest BCUT2D eigenvalue weighted by molar-refractivity contribution is -0.130. The molecule has 0 amide bonds. The summed E-state index contributed by atoms with van der Waals surface area (Å²) in [5.74, 6) is -0.882. The molecule has 0 saturated carbocycles. The normalized spacial score (nSPS) is 11.8. The van der Waals surface area contributed by atoms with Crippen LogP contribution in [-0.4, -0.2) is 11.1 Å². The molecule has 0 aliphatic rings. The van der Waals surface area contributed by atoms with E-state index in [4.69, 9.17) is 0 Å². The predicted octanol–water partition coefficient (Wildman–Crippen LogP) is 4.09. The summed E-state index contributed by atoms with van der Waals surface area (Å²) >= 11 is 0. The molecule has 0 aliphatic carbocycles. The topological polar surface area (TPSA) is 37.3 Å². The molecule has 0 spiro atoms. The Morgan fingerprint density at radius 1 is 0.895 bits per heavy atom. The van der Waals surface area contributed by atoms with Gasteiger partial charge < -0.3 is 5.11 Å². The monoisotopic (exact) mass is 252 g/mol. The summed E-state index contributed by atoms with van der Waals surface area (Å²) in [6.07, 6.45) is 0.681. The fraction of sp³-hybridized carbons (Fsp3) is 0.118. The van der Waals surface area contributed by atoms with Gasteiger partial charge in [0, 0.05) is 0 Å². The Balaban J connectivity index is 2.64. The highest BCUT2D eigenvalue weighted by Crippen LogP contribution is 2.28. The van der Waals surface area contributed by atoms with Gasteiger partial charge in [-0.25, -0.2) is 4.79 Å². The Kier molecular flexibility index (Phi) is 4.14. The van der Waals surface area contributed by atoms with Crippen LogP contribution in [0.2, 0.25) is 0 Å². The van der Waals surface area contributed by atoms with Gasteiger partial charge in [0.1, 0.15) is 0 Å². The molecule has 96 valence electrons. The van der Waals surface area contributed by atoms with Gasteiger partial charge in [-0.3, -0.25) is 0 Å². The summed E-state index contributed by atoms with van der Waals surface area (Å²) in [4.78, 5) is 11.6. The van der Waals surface area contributed by atoms with E-state index in [1.54, 1.807) is 0 Å². The zero-order chi connectivity index (χ0) is 13.7. The summed E-state index contributed by atoms with van der Waals surface area (Å²) in [6.45, 7) is 1.98. The molecule has 0 bridgehead atoms. The molecule has 2 heteroatoms. The molecular weight excluding hydrogens is 236 g/mol. The summed E-state index contributed by atoms with van der Waals surface area (Å²) in [7, 11) is 0. The molecule has 19 heavy (non-hydrogen) atoms. The number of rotatable bonds is 4. The zero-order valence-electron chi connectivity index (χ0n) is 10.8. The van der Waals surface area contributed by atoms with Gasteiger partial charge in [-0.05, 0) is 23.1 Å². The number of allylic oxidation sites excluding steroid dienone is 1. The lowest BCUT2D eigenvalue weighted by atomic mass is 9.93. The highest BCUT2D eigenvalue weighted by Gasteiger charge is 2.16. The van der Waals surface area contributed by atoms with Crippen molar-refractivity contribution in [2.75, 3.05) is 0 Å². The molecule has 2 nitrogen and oxygen atoms in total. The minimum atomic E-state index is -0.882. The average Bonchev–Trinajstić information content (AvgIpc) is 2.46. The van der Waals surface area contributed by atoms with Gasteiger partial charge in [0.2, 0.25) is 0 Å². The molecule has 0 fully saturated rings. The Morgan fingerprint density at radius 3 is 1.79 bits per heavy atom. The number of carboxylic acid groups (broad SMARTS) is 1. The van der Waals surface area contributed by atoms with E-state index in [1.165, 1.54) is 0 Å². The van der Waals surface area contributed by atoms with E-state index in [2.05, 4.69) is 0 Å². The van der Waals surface area contributed by atoms with Crippen LogP contribution in [0.3, 0.4) is 0 Å². The Labute approximate surface area is 113 Å². The summed E-state index contributed by atoms with van der Waals surface area (Å²) in [6, 6.07) is 19.0. The van der Waals surface area contributed by atoms with Crippen LogP contribution in [0.15, 0.2) is 60.7 Å². The van der Waals surface area contributed by atoms with Gasteiger partial charge in [0.15, 0.2) is 0 Å². The molecule has 0 unspecified atom stereocenters. The van der Waals surface area contributed by atoms with Crippen molar-refractivity contribution < 1.29 is 9.90 Å². The molecule has 0 saturated heterocycles. The highest BCUT2D eigenvalue weighted by molar-refractivity contribution is 6.23. The van der Waals surface area contributed by atoms with E-state index in [9.17, 15) is 9.90 Å². The number of aliphatic carboxylic acids is 1. The molecule has 0 aromatic heterocycles. The van der Waals surface area contributed by atoms with Crippen LogP contribution in [0.25, 0.3) is 11.1 Å². The van der Waals surface area contributed by atoms with Crippen molar-refractivity contribution in [1.82, 2.24) is 0 Å². The van der Waals surface area contributed by atoms with Crippen molar-refractivity contribution in [3.8, 4) is 0 Å². The molecule has 2 rings (SSSR count). The number of hydrogen-bond donors (Lipinski definition) is 1. The van der Waals surface area contributed by atoms with Crippen molar-refractivity contribution in [2.45, 2.75) is 13.3 Å². The first-order valence-electron chi connectivity index (χ1n) is 6.31. The van der Waals surface area contributed by atoms with E-state index in [0.29, 0.717) is 12.0 Å². The number of hydrogen-bond acceptors (Lipinski definition) is 1. The molecule has 2 aromatic rings. The first kappa shape index (κ1) is 13.1. The second-order valence-electron chi connectivity index (χ2n) is 4.24. The van der Waals surface area contributed by atoms with Gasteiger partial charge in [0.05, 0.1) is 5.57 Å². The molecule has 0 heterocycles. The molecule has 2 aromatic carbocycles. The summed E-state index contributed by atoms with van der Waals surface area (Å²) in [5, 5.41) is 9.53. The fourth-order valence-electron chi connectivity index (χ4n) is 2.20. The number of benzene rings is 2. The lowest BCUT2D eigenvalue weighted by Crippen LogP contribution is -2.03.